The molecule has 0 saturated carbocycles. The number of amides is 1. The first-order valence-electron chi connectivity index (χ1n) is 9.06. The lowest BCUT2D eigenvalue weighted by atomic mass is 10.1. The van der Waals surface area contributed by atoms with E-state index in [1.54, 1.807) is 36.5 Å². The molecule has 2 aromatic carbocycles. The van der Waals surface area contributed by atoms with Crippen LogP contribution in [0, 0.1) is 0 Å². The highest BCUT2D eigenvalue weighted by Crippen LogP contribution is 2.28. The van der Waals surface area contributed by atoms with Crippen LogP contribution in [-0.2, 0) is 17.6 Å². The van der Waals surface area contributed by atoms with Crippen LogP contribution in [-0.4, -0.2) is 31.5 Å². The molecule has 3 rings (SSSR count). The van der Waals surface area contributed by atoms with Gasteiger partial charge in [-0.3, -0.25) is 4.79 Å². The van der Waals surface area contributed by atoms with Crippen molar-refractivity contribution in [1.29, 1.82) is 0 Å². The van der Waals surface area contributed by atoms with Crippen molar-refractivity contribution < 1.29 is 32.2 Å². The summed E-state index contributed by atoms with van der Waals surface area (Å²) in [6.07, 6.45) is -2.49. The molecule has 10 heteroatoms. The molecule has 0 fully saturated rings. The van der Waals surface area contributed by atoms with Gasteiger partial charge in [0, 0.05) is 17.5 Å². The van der Waals surface area contributed by atoms with E-state index < -0.39 is 6.36 Å². The van der Waals surface area contributed by atoms with Crippen LogP contribution in [0.5, 0.6) is 17.2 Å². The van der Waals surface area contributed by atoms with Crippen molar-refractivity contribution >= 4 is 22.4 Å². The molecule has 0 bridgehead atoms. The highest BCUT2D eigenvalue weighted by atomic mass is 32.1. The SMILES string of the molecule is COc1ccc(CC(=O)Nc2ncc(Cc3ccc(OC(F)(F)F)cc3)s2)cc1OC. The summed E-state index contributed by atoms with van der Waals surface area (Å²) in [4.78, 5) is 17.4. The second-order valence-corrected chi connectivity index (χ2v) is 7.53. The summed E-state index contributed by atoms with van der Waals surface area (Å²) >= 11 is 1.30. The van der Waals surface area contributed by atoms with E-state index in [-0.39, 0.29) is 18.1 Å². The maximum absolute atomic E-state index is 12.3. The van der Waals surface area contributed by atoms with Crippen molar-refractivity contribution in [3.8, 4) is 17.2 Å². The molecule has 6 nitrogen and oxygen atoms in total. The molecule has 0 atom stereocenters. The quantitative estimate of drug-likeness (QED) is 0.530. The Kier molecular flexibility index (Phi) is 7.01. The number of benzene rings is 2. The van der Waals surface area contributed by atoms with Crippen molar-refractivity contribution in [1.82, 2.24) is 4.98 Å². The molecule has 0 aliphatic carbocycles. The molecule has 0 aliphatic heterocycles. The Hall–Kier alpha value is -3.27. The Morgan fingerprint density at radius 2 is 1.71 bits per heavy atom. The summed E-state index contributed by atoms with van der Waals surface area (Å²) in [5.74, 6) is 0.607. The van der Waals surface area contributed by atoms with Gasteiger partial charge in [0.1, 0.15) is 5.75 Å². The van der Waals surface area contributed by atoms with Crippen LogP contribution in [0.4, 0.5) is 18.3 Å². The largest absolute Gasteiger partial charge is 0.573 e. The van der Waals surface area contributed by atoms with Gasteiger partial charge in [-0.25, -0.2) is 4.98 Å². The number of thiazole rings is 1. The standard InChI is InChI=1S/C21H19F3N2O4S/c1-28-17-8-5-14(10-18(17)29-2)11-19(27)26-20-25-12-16(31-20)9-13-3-6-15(7-4-13)30-21(22,23)24/h3-8,10,12H,9,11H2,1-2H3,(H,25,26,27). The number of carbonyl (C=O) groups excluding carboxylic acids is 1. The van der Waals surface area contributed by atoms with Crippen molar-refractivity contribution in [3.05, 3.63) is 64.7 Å². The van der Waals surface area contributed by atoms with Gasteiger partial charge in [0.15, 0.2) is 16.6 Å². The summed E-state index contributed by atoms with van der Waals surface area (Å²) in [6.45, 7) is 0. The third-order valence-electron chi connectivity index (χ3n) is 4.15. The fourth-order valence-electron chi connectivity index (χ4n) is 2.80. The third-order valence-corrected chi connectivity index (χ3v) is 5.06. The van der Waals surface area contributed by atoms with E-state index in [9.17, 15) is 18.0 Å². The Bertz CT molecular complexity index is 1040. The van der Waals surface area contributed by atoms with Crippen LogP contribution in [0.2, 0.25) is 0 Å². The molecule has 1 aromatic heterocycles. The Balaban J connectivity index is 1.56. The molecule has 1 heterocycles. The average molecular weight is 452 g/mol. The molecule has 31 heavy (non-hydrogen) atoms. The van der Waals surface area contributed by atoms with Crippen LogP contribution in [0.1, 0.15) is 16.0 Å². The number of carbonyl (C=O) groups is 1. The van der Waals surface area contributed by atoms with Gasteiger partial charge in [-0.05, 0) is 35.4 Å². The lowest BCUT2D eigenvalue weighted by molar-refractivity contribution is -0.274. The van der Waals surface area contributed by atoms with E-state index in [4.69, 9.17) is 9.47 Å². The number of methoxy groups -OCH3 is 2. The molecule has 164 valence electrons. The average Bonchev–Trinajstić information content (AvgIpc) is 3.14. The number of nitrogens with zero attached hydrogens (tertiary/aromatic N) is 1. The van der Waals surface area contributed by atoms with Gasteiger partial charge in [0.25, 0.3) is 0 Å². The van der Waals surface area contributed by atoms with Crippen LogP contribution >= 0.6 is 11.3 Å². The van der Waals surface area contributed by atoms with Gasteiger partial charge in [0.2, 0.25) is 5.91 Å². The second kappa shape index (κ2) is 9.69. The first kappa shape index (κ1) is 22.4. The molecule has 0 spiro atoms. The highest BCUT2D eigenvalue weighted by molar-refractivity contribution is 7.15. The molecule has 0 aliphatic rings. The number of halogens is 3. The number of aromatic nitrogens is 1. The lowest BCUT2D eigenvalue weighted by Crippen LogP contribution is -2.17. The summed E-state index contributed by atoms with van der Waals surface area (Å²) in [6, 6.07) is 10.9. The number of rotatable bonds is 8. The van der Waals surface area contributed by atoms with E-state index in [1.165, 1.54) is 37.7 Å². The predicted molar refractivity (Wildman–Crippen MR) is 110 cm³/mol. The van der Waals surface area contributed by atoms with Crippen LogP contribution in [0.25, 0.3) is 0 Å². The van der Waals surface area contributed by atoms with E-state index in [0.29, 0.717) is 23.1 Å². The van der Waals surface area contributed by atoms with Gasteiger partial charge < -0.3 is 19.5 Å². The Morgan fingerprint density at radius 3 is 2.35 bits per heavy atom. The zero-order valence-electron chi connectivity index (χ0n) is 16.7. The fourth-order valence-corrected chi connectivity index (χ4v) is 3.66. The zero-order chi connectivity index (χ0) is 22.4. The number of nitrogens with one attached hydrogen (secondary N) is 1. The topological polar surface area (TPSA) is 69.7 Å². The van der Waals surface area contributed by atoms with E-state index in [0.717, 1.165) is 16.0 Å². The monoisotopic (exact) mass is 452 g/mol. The minimum atomic E-state index is -4.72. The highest BCUT2D eigenvalue weighted by Gasteiger charge is 2.30. The maximum atomic E-state index is 12.3. The van der Waals surface area contributed by atoms with Crippen LogP contribution in [0.3, 0.4) is 0 Å². The van der Waals surface area contributed by atoms with Gasteiger partial charge in [-0.1, -0.05) is 18.2 Å². The third kappa shape index (κ3) is 6.61. The number of hydrogen-bond donors (Lipinski definition) is 1. The van der Waals surface area contributed by atoms with Crippen molar-refractivity contribution in [3.63, 3.8) is 0 Å². The normalized spacial score (nSPS) is 11.1. The number of alkyl halides is 3. The molecule has 0 unspecified atom stereocenters. The van der Waals surface area contributed by atoms with E-state index in [1.807, 2.05) is 0 Å². The van der Waals surface area contributed by atoms with Gasteiger partial charge in [-0.15, -0.1) is 24.5 Å². The Morgan fingerprint density at radius 1 is 1.03 bits per heavy atom. The first-order chi connectivity index (χ1) is 14.8. The van der Waals surface area contributed by atoms with Crippen molar-refractivity contribution in [2.24, 2.45) is 0 Å². The van der Waals surface area contributed by atoms with Crippen LogP contribution in [0.15, 0.2) is 48.7 Å². The number of anilines is 1. The first-order valence-corrected chi connectivity index (χ1v) is 9.87. The van der Waals surface area contributed by atoms with Crippen LogP contribution < -0.4 is 19.5 Å². The summed E-state index contributed by atoms with van der Waals surface area (Å²) in [5, 5.41) is 3.19. The fraction of sp³-hybridized carbons (Fsp3) is 0.238. The molecular weight excluding hydrogens is 433 g/mol. The second-order valence-electron chi connectivity index (χ2n) is 6.41. The minimum absolute atomic E-state index is 0.135. The number of ether oxygens (including phenoxy) is 3. The molecular formula is C21H19F3N2O4S. The molecule has 1 N–H and O–H groups in total. The van der Waals surface area contributed by atoms with Crippen molar-refractivity contribution in [2.45, 2.75) is 19.2 Å². The smallest absolute Gasteiger partial charge is 0.493 e. The summed E-state index contributed by atoms with van der Waals surface area (Å²) < 4.78 is 51.0. The summed E-state index contributed by atoms with van der Waals surface area (Å²) in [7, 11) is 3.06. The van der Waals surface area contributed by atoms with Crippen molar-refractivity contribution in [2.75, 3.05) is 19.5 Å². The molecule has 0 saturated heterocycles. The molecule has 3 aromatic rings. The van der Waals surface area contributed by atoms with Gasteiger partial charge in [0.05, 0.1) is 20.6 Å². The number of hydrogen-bond acceptors (Lipinski definition) is 6. The minimum Gasteiger partial charge on any atom is -0.493 e. The maximum Gasteiger partial charge on any atom is 0.573 e. The summed E-state index contributed by atoms with van der Waals surface area (Å²) in [5.41, 5.74) is 1.55. The van der Waals surface area contributed by atoms with Gasteiger partial charge >= 0.3 is 6.36 Å². The molecule has 0 radical (unpaired) electrons. The zero-order valence-corrected chi connectivity index (χ0v) is 17.5. The van der Waals surface area contributed by atoms with E-state index >= 15 is 0 Å². The Labute approximate surface area is 180 Å². The van der Waals surface area contributed by atoms with E-state index in [2.05, 4.69) is 15.0 Å². The lowest BCUT2D eigenvalue weighted by Gasteiger charge is -2.09. The predicted octanol–water partition coefficient (Wildman–Crippen LogP) is 4.83. The molecule has 1 amide bonds. The van der Waals surface area contributed by atoms with Gasteiger partial charge in [-0.2, -0.15) is 0 Å².